The lowest BCUT2D eigenvalue weighted by atomic mass is 9.87. The molecule has 0 atom stereocenters. The number of nitrogens with one attached hydrogen (secondary N) is 2. The van der Waals surface area contributed by atoms with Gasteiger partial charge in [0.15, 0.2) is 0 Å². The van der Waals surface area contributed by atoms with Crippen LogP contribution in [0, 0.1) is 5.92 Å². The minimum Gasteiger partial charge on any atom is -0.474 e. The van der Waals surface area contributed by atoms with E-state index in [1.165, 1.54) is 0 Å². The number of amides is 1. The fraction of sp³-hybridized carbons (Fsp3) is 0.409. The third kappa shape index (κ3) is 5.29. The van der Waals surface area contributed by atoms with Crippen LogP contribution >= 0.6 is 11.6 Å². The molecule has 7 nitrogen and oxygen atoms in total. The largest absolute Gasteiger partial charge is 0.474 e. The zero-order valence-corrected chi connectivity index (χ0v) is 17.7. The molecule has 1 aromatic carbocycles. The van der Waals surface area contributed by atoms with Crippen molar-refractivity contribution in [3.63, 3.8) is 0 Å². The Morgan fingerprint density at radius 3 is 2.77 bits per heavy atom. The molecule has 1 amide bonds. The molecule has 2 N–H and O–H groups in total. The molecule has 30 heavy (non-hydrogen) atoms. The van der Waals surface area contributed by atoms with Gasteiger partial charge >= 0.3 is 0 Å². The van der Waals surface area contributed by atoms with Crippen molar-refractivity contribution in [3.05, 3.63) is 53.2 Å². The molecule has 1 saturated carbocycles. The second kappa shape index (κ2) is 9.45. The summed E-state index contributed by atoms with van der Waals surface area (Å²) in [6.07, 6.45) is 5.09. The second-order valence-electron chi connectivity index (χ2n) is 7.88. The highest BCUT2D eigenvalue weighted by molar-refractivity contribution is 6.30. The predicted octanol–water partition coefficient (Wildman–Crippen LogP) is 3.47. The van der Waals surface area contributed by atoms with E-state index < -0.39 is 0 Å². The lowest BCUT2D eigenvalue weighted by Gasteiger charge is -2.28. The topological polar surface area (TPSA) is 78.8 Å². The molecule has 0 saturated heterocycles. The molecule has 1 fully saturated rings. The molecule has 0 radical (unpaired) electrons. The molecule has 8 heteroatoms. The molecular weight excluding hydrogens is 402 g/mol. The van der Waals surface area contributed by atoms with Gasteiger partial charge in [0, 0.05) is 29.7 Å². The number of ether oxygens (including phenoxy) is 1. The average Bonchev–Trinajstić information content (AvgIpc) is 2.90. The molecule has 4 rings (SSSR count). The number of rotatable bonds is 3. The van der Waals surface area contributed by atoms with Crippen molar-refractivity contribution in [1.82, 2.24) is 20.7 Å². The molecule has 1 aliphatic carbocycles. The van der Waals surface area contributed by atoms with Crippen molar-refractivity contribution >= 4 is 29.0 Å². The number of fused-ring (bicyclic) bond motifs is 1. The molecular formula is C22H26ClN5O2. The summed E-state index contributed by atoms with van der Waals surface area (Å²) in [6, 6.07) is 11.3. The van der Waals surface area contributed by atoms with Crippen LogP contribution in [0.15, 0.2) is 47.6 Å². The number of likely N-dealkylation sites (N-methyl/N-ethyl adjacent to an activating group) is 1. The van der Waals surface area contributed by atoms with Crippen LogP contribution in [0.5, 0.6) is 5.88 Å². The third-order valence-electron chi connectivity index (χ3n) is 5.46. The Hall–Kier alpha value is -2.64. The normalized spacial score (nSPS) is 21.7. The summed E-state index contributed by atoms with van der Waals surface area (Å²) < 4.78 is 5.91. The van der Waals surface area contributed by atoms with Crippen molar-refractivity contribution in [2.75, 3.05) is 13.6 Å². The maximum Gasteiger partial charge on any atom is 0.241 e. The summed E-state index contributed by atoms with van der Waals surface area (Å²) in [5.74, 6) is 1.32. The zero-order chi connectivity index (χ0) is 20.9. The Morgan fingerprint density at radius 2 is 2.00 bits per heavy atom. The van der Waals surface area contributed by atoms with Crippen LogP contribution in [0.2, 0.25) is 5.02 Å². The number of halogens is 1. The van der Waals surface area contributed by atoms with Gasteiger partial charge in [0.05, 0.1) is 12.2 Å². The van der Waals surface area contributed by atoms with Crippen LogP contribution in [0.3, 0.4) is 0 Å². The van der Waals surface area contributed by atoms with Crippen molar-refractivity contribution in [3.8, 4) is 5.88 Å². The lowest BCUT2D eigenvalue weighted by molar-refractivity contribution is -0.127. The maximum absolute atomic E-state index is 12.7. The minimum absolute atomic E-state index is 0.00258. The van der Waals surface area contributed by atoms with Gasteiger partial charge in [-0.05, 0) is 62.6 Å². The molecule has 1 aromatic heterocycles. The zero-order valence-electron chi connectivity index (χ0n) is 17.0. The standard InChI is InChI=1S/C22H26ClN5O2/c1-28-13-16-12-17(23)7-10-19(16)25-20(14-28)26-27-22(29)15-5-8-18(9-6-15)30-21-4-2-3-11-24-21/h2-4,7,10-12,15,18H,5-6,8-9,13-14H2,1H3,(H,25,26)(H,27,29). The third-order valence-corrected chi connectivity index (χ3v) is 5.69. The number of amidine groups is 1. The SMILES string of the molecule is CN1CC(NNC(=O)C2CCC(Oc3ccccn3)CC2)=Nc2ccc(Cl)cc2C1. The van der Waals surface area contributed by atoms with Crippen LogP contribution in [0.1, 0.15) is 31.2 Å². The summed E-state index contributed by atoms with van der Waals surface area (Å²) in [4.78, 5) is 23.7. The predicted molar refractivity (Wildman–Crippen MR) is 117 cm³/mol. The molecule has 2 aromatic rings. The molecule has 0 bridgehead atoms. The van der Waals surface area contributed by atoms with Crippen molar-refractivity contribution < 1.29 is 9.53 Å². The maximum atomic E-state index is 12.7. The fourth-order valence-electron chi connectivity index (χ4n) is 3.91. The summed E-state index contributed by atoms with van der Waals surface area (Å²) >= 11 is 6.11. The Labute approximate surface area is 181 Å². The van der Waals surface area contributed by atoms with Gasteiger partial charge in [-0.15, -0.1) is 0 Å². The Balaban J connectivity index is 1.29. The molecule has 0 unspecified atom stereocenters. The van der Waals surface area contributed by atoms with E-state index in [4.69, 9.17) is 16.3 Å². The molecule has 2 aliphatic rings. The first-order chi connectivity index (χ1) is 14.6. The molecule has 0 spiro atoms. The Morgan fingerprint density at radius 1 is 1.17 bits per heavy atom. The number of aromatic nitrogens is 1. The van der Waals surface area contributed by atoms with Crippen molar-refractivity contribution in [2.24, 2.45) is 10.9 Å². The average molecular weight is 428 g/mol. The number of carbonyl (C=O) groups excluding carboxylic acids is 1. The summed E-state index contributed by atoms with van der Waals surface area (Å²) in [6.45, 7) is 1.36. The highest BCUT2D eigenvalue weighted by Gasteiger charge is 2.28. The molecule has 1 aliphatic heterocycles. The van der Waals surface area contributed by atoms with Gasteiger partial charge in [0.1, 0.15) is 11.9 Å². The lowest BCUT2D eigenvalue weighted by Crippen LogP contribution is -2.48. The molecule has 2 heterocycles. The number of carbonyl (C=O) groups is 1. The monoisotopic (exact) mass is 427 g/mol. The summed E-state index contributed by atoms with van der Waals surface area (Å²) in [7, 11) is 2.01. The number of hydrogen-bond donors (Lipinski definition) is 2. The van der Waals surface area contributed by atoms with E-state index in [0.717, 1.165) is 43.5 Å². The fourth-order valence-corrected chi connectivity index (χ4v) is 4.10. The number of nitrogens with zero attached hydrogens (tertiary/aromatic N) is 3. The van der Waals surface area contributed by atoms with Gasteiger partial charge < -0.3 is 4.74 Å². The first kappa shape index (κ1) is 20.6. The van der Waals surface area contributed by atoms with E-state index in [0.29, 0.717) is 23.3 Å². The quantitative estimate of drug-likeness (QED) is 0.733. The molecule has 158 valence electrons. The van der Waals surface area contributed by atoms with Crippen LogP contribution in [0.4, 0.5) is 5.69 Å². The van der Waals surface area contributed by atoms with Crippen molar-refractivity contribution in [2.45, 2.75) is 38.3 Å². The van der Waals surface area contributed by atoms with Gasteiger partial charge in [-0.1, -0.05) is 17.7 Å². The van der Waals surface area contributed by atoms with Gasteiger partial charge in [-0.3, -0.25) is 20.5 Å². The van der Waals surface area contributed by atoms with Gasteiger partial charge in [-0.2, -0.15) is 0 Å². The summed E-state index contributed by atoms with van der Waals surface area (Å²) in [5, 5.41) is 0.699. The van der Waals surface area contributed by atoms with Crippen LogP contribution in [-0.4, -0.2) is 41.3 Å². The number of hydrazine groups is 1. The van der Waals surface area contributed by atoms with Crippen LogP contribution in [-0.2, 0) is 11.3 Å². The highest BCUT2D eigenvalue weighted by atomic mass is 35.5. The first-order valence-electron chi connectivity index (χ1n) is 10.2. The Kier molecular flexibility index (Phi) is 6.50. The summed E-state index contributed by atoms with van der Waals surface area (Å²) in [5.41, 5.74) is 7.82. The van der Waals surface area contributed by atoms with E-state index >= 15 is 0 Å². The smallest absolute Gasteiger partial charge is 0.241 e. The van der Waals surface area contributed by atoms with E-state index in [1.807, 2.05) is 43.4 Å². The number of pyridine rings is 1. The Bertz CT molecular complexity index is 913. The number of benzene rings is 1. The highest BCUT2D eigenvalue weighted by Crippen LogP contribution is 2.28. The van der Waals surface area contributed by atoms with Crippen LogP contribution in [0.25, 0.3) is 0 Å². The first-order valence-corrected chi connectivity index (χ1v) is 10.6. The van der Waals surface area contributed by atoms with E-state index in [-0.39, 0.29) is 17.9 Å². The second-order valence-corrected chi connectivity index (χ2v) is 8.31. The van der Waals surface area contributed by atoms with E-state index in [2.05, 4.69) is 25.7 Å². The van der Waals surface area contributed by atoms with E-state index in [9.17, 15) is 4.79 Å². The number of hydrogen-bond acceptors (Lipinski definition) is 6. The minimum atomic E-state index is -0.0312. The van der Waals surface area contributed by atoms with Gasteiger partial charge in [0.2, 0.25) is 11.8 Å². The van der Waals surface area contributed by atoms with Crippen molar-refractivity contribution in [1.29, 1.82) is 0 Å². The van der Waals surface area contributed by atoms with E-state index in [1.54, 1.807) is 6.20 Å². The van der Waals surface area contributed by atoms with Gasteiger partial charge in [-0.25, -0.2) is 9.98 Å². The number of aliphatic imine (C=N–C) groups is 1. The van der Waals surface area contributed by atoms with Gasteiger partial charge in [0.25, 0.3) is 0 Å². The van der Waals surface area contributed by atoms with Crippen LogP contribution < -0.4 is 15.6 Å².